The summed E-state index contributed by atoms with van der Waals surface area (Å²) >= 11 is 0. The van der Waals surface area contributed by atoms with Crippen molar-refractivity contribution in [2.45, 2.75) is 0 Å². The number of hydrogen-bond acceptors (Lipinski definition) is 4. The van der Waals surface area contributed by atoms with Crippen molar-refractivity contribution in [3.8, 4) is 0 Å². The van der Waals surface area contributed by atoms with E-state index in [1.54, 1.807) is 0 Å². The maximum atomic E-state index is 13.2. The van der Waals surface area contributed by atoms with Gasteiger partial charge < -0.3 is 15.2 Å². The van der Waals surface area contributed by atoms with E-state index in [9.17, 15) is 9.18 Å². The number of hydrogen-bond donors (Lipinski definition) is 2. The van der Waals surface area contributed by atoms with Crippen molar-refractivity contribution in [1.29, 1.82) is 0 Å². The van der Waals surface area contributed by atoms with Gasteiger partial charge in [0.2, 0.25) is 0 Å². The van der Waals surface area contributed by atoms with Crippen LogP contribution in [0.5, 0.6) is 0 Å². The molecule has 6 heteroatoms. The maximum Gasteiger partial charge on any atom is 0.335 e. The summed E-state index contributed by atoms with van der Waals surface area (Å²) in [6.45, 7) is 4.73. The van der Waals surface area contributed by atoms with Crippen molar-refractivity contribution in [2.24, 2.45) is 0 Å². The van der Waals surface area contributed by atoms with Gasteiger partial charge in [-0.3, -0.25) is 4.90 Å². The molecule has 1 aliphatic heterocycles. The van der Waals surface area contributed by atoms with Crippen molar-refractivity contribution in [3.63, 3.8) is 0 Å². The summed E-state index contributed by atoms with van der Waals surface area (Å²) in [5.41, 5.74) is 0.444. The summed E-state index contributed by atoms with van der Waals surface area (Å²) in [7, 11) is 0. The van der Waals surface area contributed by atoms with Crippen LogP contribution in [0.3, 0.4) is 0 Å². The number of carboxylic acids is 1. The smallest absolute Gasteiger partial charge is 0.335 e. The maximum absolute atomic E-state index is 13.2. The van der Waals surface area contributed by atoms with Gasteiger partial charge in [0.15, 0.2) is 0 Å². The Morgan fingerprint density at radius 2 is 2.11 bits per heavy atom. The van der Waals surface area contributed by atoms with Crippen LogP contribution >= 0.6 is 0 Å². The summed E-state index contributed by atoms with van der Waals surface area (Å²) in [5, 5.41) is 11.9. The Kier molecular flexibility index (Phi) is 4.70. The first-order chi connectivity index (χ1) is 9.15. The van der Waals surface area contributed by atoms with Crippen LogP contribution in [0.2, 0.25) is 0 Å². The summed E-state index contributed by atoms with van der Waals surface area (Å²) in [6.07, 6.45) is 0. The summed E-state index contributed by atoms with van der Waals surface area (Å²) in [6, 6.07) is 3.74. The summed E-state index contributed by atoms with van der Waals surface area (Å²) in [5.74, 6) is -1.68. The number of carboxylic acid groups (broad SMARTS) is 1. The fourth-order valence-corrected chi connectivity index (χ4v) is 2.00. The van der Waals surface area contributed by atoms with Crippen LogP contribution < -0.4 is 5.32 Å². The van der Waals surface area contributed by atoms with Gasteiger partial charge in [0, 0.05) is 31.9 Å². The first kappa shape index (κ1) is 13.8. The van der Waals surface area contributed by atoms with E-state index in [2.05, 4.69) is 10.2 Å². The van der Waals surface area contributed by atoms with Crippen LogP contribution in [-0.4, -0.2) is 55.4 Å². The lowest BCUT2D eigenvalue weighted by Crippen LogP contribution is -2.39. The Morgan fingerprint density at radius 1 is 1.37 bits per heavy atom. The van der Waals surface area contributed by atoms with Crippen LogP contribution in [0.1, 0.15) is 10.4 Å². The highest BCUT2D eigenvalue weighted by Crippen LogP contribution is 2.14. The second kappa shape index (κ2) is 6.49. The average molecular weight is 268 g/mol. The lowest BCUT2D eigenvalue weighted by molar-refractivity contribution is 0.0398. The van der Waals surface area contributed by atoms with Crippen molar-refractivity contribution in [3.05, 3.63) is 29.6 Å². The Labute approximate surface area is 111 Å². The van der Waals surface area contributed by atoms with Crippen molar-refractivity contribution < 1.29 is 19.0 Å². The molecule has 0 bridgehead atoms. The molecule has 0 radical (unpaired) electrons. The number of halogens is 1. The van der Waals surface area contributed by atoms with Gasteiger partial charge in [-0.05, 0) is 18.2 Å². The fraction of sp³-hybridized carbons (Fsp3) is 0.462. The summed E-state index contributed by atoms with van der Waals surface area (Å²) in [4.78, 5) is 13.1. The van der Waals surface area contributed by atoms with Gasteiger partial charge >= 0.3 is 5.97 Å². The SMILES string of the molecule is O=C(O)c1cc(F)cc(NCCN2CCOCC2)c1. The molecule has 0 atom stereocenters. The monoisotopic (exact) mass is 268 g/mol. The van der Waals surface area contributed by atoms with Gasteiger partial charge in [0.1, 0.15) is 5.82 Å². The average Bonchev–Trinajstić information content (AvgIpc) is 2.39. The number of nitrogens with zero attached hydrogens (tertiary/aromatic N) is 1. The van der Waals surface area contributed by atoms with E-state index in [-0.39, 0.29) is 5.56 Å². The standard InChI is InChI=1S/C13H17FN2O3/c14-11-7-10(13(17)18)8-12(9-11)15-1-2-16-3-5-19-6-4-16/h7-9,15H,1-6H2,(H,17,18). The molecule has 1 saturated heterocycles. The Balaban J connectivity index is 1.86. The van der Waals surface area contributed by atoms with Crippen LogP contribution in [0.25, 0.3) is 0 Å². The molecule has 19 heavy (non-hydrogen) atoms. The predicted octanol–water partition coefficient (Wildman–Crippen LogP) is 1.27. The highest BCUT2D eigenvalue weighted by molar-refractivity contribution is 5.88. The van der Waals surface area contributed by atoms with Crippen molar-refractivity contribution >= 4 is 11.7 Å². The number of morpholine rings is 1. The van der Waals surface area contributed by atoms with Crippen molar-refractivity contribution in [2.75, 3.05) is 44.7 Å². The van der Waals surface area contributed by atoms with Gasteiger partial charge in [-0.25, -0.2) is 9.18 Å². The number of ether oxygens (including phenoxy) is 1. The van der Waals surface area contributed by atoms with E-state index >= 15 is 0 Å². The Morgan fingerprint density at radius 3 is 2.79 bits per heavy atom. The lowest BCUT2D eigenvalue weighted by Gasteiger charge is -2.26. The van der Waals surface area contributed by atoms with Gasteiger partial charge in [-0.1, -0.05) is 0 Å². The Hall–Kier alpha value is -1.66. The largest absolute Gasteiger partial charge is 0.478 e. The molecule has 0 spiro atoms. The second-order valence-corrected chi connectivity index (χ2v) is 4.41. The second-order valence-electron chi connectivity index (χ2n) is 4.41. The molecule has 104 valence electrons. The normalized spacial score (nSPS) is 16.3. The molecule has 2 N–H and O–H groups in total. The quantitative estimate of drug-likeness (QED) is 0.842. The minimum atomic E-state index is -1.13. The number of carbonyl (C=O) groups is 1. The molecule has 0 aromatic heterocycles. The third-order valence-electron chi connectivity index (χ3n) is 3.01. The highest BCUT2D eigenvalue weighted by atomic mass is 19.1. The molecule has 1 fully saturated rings. The van der Waals surface area contributed by atoms with Crippen molar-refractivity contribution in [1.82, 2.24) is 4.90 Å². The molecule has 2 rings (SSSR count). The molecule has 1 aliphatic rings. The van der Waals surface area contributed by atoms with E-state index in [4.69, 9.17) is 9.84 Å². The first-order valence-corrected chi connectivity index (χ1v) is 6.23. The molecule has 5 nitrogen and oxygen atoms in total. The molecule has 0 aliphatic carbocycles. The summed E-state index contributed by atoms with van der Waals surface area (Å²) < 4.78 is 18.5. The topological polar surface area (TPSA) is 61.8 Å². The number of anilines is 1. The van der Waals surface area contributed by atoms with Crippen LogP contribution in [0.15, 0.2) is 18.2 Å². The third-order valence-corrected chi connectivity index (χ3v) is 3.01. The van der Waals surface area contributed by atoms with E-state index in [1.165, 1.54) is 12.1 Å². The molecular formula is C13H17FN2O3. The predicted molar refractivity (Wildman–Crippen MR) is 69.1 cm³/mol. The van der Waals surface area contributed by atoms with Crippen LogP contribution in [-0.2, 0) is 4.74 Å². The highest BCUT2D eigenvalue weighted by Gasteiger charge is 2.10. The van der Waals surface area contributed by atoms with Gasteiger partial charge in [-0.15, -0.1) is 0 Å². The van der Waals surface area contributed by atoms with Crippen LogP contribution in [0, 0.1) is 5.82 Å². The zero-order valence-electron chi connectivity index (χ0n) is 10.6. The zero-order valence-corrected chi connectivity index (χ0v) is 10.6. The molecule has 1 heterocycles. The molecular weight excluding hydrogens is 251 g/mol. The minimum absolute atomic E-state index is 0.0473. The zero-order chi connectivity index (χ0) is 13.7. The lowest BCUT2D eigenvalue weighted by atomic mass is 10.2. The van der Waals surface area contributed by atoms with Gasteiger partial charge in [-0.2, -0.15) is 0 Å². The number of rotatable bonds is 5. The fourth-order valence-electron chi connectivity index (χ4n) is 2.00. The van der Waals surface area contributed by atoms with E-state index in [0.29, 0.717) is 12.2 Å². The van der Waals surface area contributed by atoms with E-state index < -0.39 is 11.8 Å². The molecule has 0 saturated carbocycles. The van der Waals surface area contributed by atoms with Gasteiger partial charge in [0.25, 0.3) is 0 Å². The molecule has 0 unspecified atom stereocenters. The molecule has 1 aromatic carbocycles. The number of aromatic carboxylic acids is 1. The third kappa shape index (κ3) is 4.18. The number of benzene rings is 1. The molecule has 0 amide bonds. The molecule has 1 aromatic rings. The first-order valence-electron chi connectivity index (χ1n) is 6.23. The Bertz CT molecular complexity index is 448. The van der Waals surface area contributed by atoms with Gasteiger partial charge in [0.05, 0.1) is 18.8 Å². The van der Waals surface area contributed by atoms with E-state index in [0.717, 1.165) is 38.9 Å². The number of nitrogens with one attached hydrogen (secondary N) is 1. The minimum Gasteiger partial charge on any atom is -0.478 e. The van der Waals surface area contributed by atoms with E-state index in [1.807, 2.05) is 0 Å². The van der Waals surface area contributed by atoms with Crippen LogP contribution in [0.4, 0.5) is 10.1 Å².